The summed E-state index contributed by atoms with van der Waals surface area (Å²) in [6.07, 6.45) is 1.03. The van der Waals surface area contributed by atoms with Gasteiger partial charge in [0, 0.05) is 27.0 Å². The Morgan fingerprint density at radius 3 is 2.62 bits per heavy atom. The Balaban J connectivity index is 2.07. The molecule has 0 aliphatic heterocycles. The van der Waals surface area contributed by atoms with Crippen LogP contribution in [0.1, 0.15) is 34.0 Å². The fourth-order valence-corrected chi connectivity index (χ4v) is 3.09. The number of aryl methyl sites for hydroxylation is 1. The number of nitrogens with one attached hydrogen (secondary N) is 2. The van der Waals surface area contributed by atoms with Crippen LogP contribution < -0.4 is 10.6 Å². The molecule has 112 valence electrons. The number of thiophene rings is 1. The maximum absolute atomic E-state index is 12.3. The van der Waals surface area contributed by atoms with Crippen molar-refractivity contribution < 1.29 is 4.79 Å². The molecule has 0 saturated heterocycles. The topological polar surface area (TPSA) is 41.1 Å². The highest BCUT2D eigenvalue weighted by molar-refractivity contribution is 7.11. The van der Waals surface area contributed by atoms with Crippen molar-refractivity contribution in [1.29, 1.82) is 0 Å². The molecule has 2 rings (SSSR count). The highest BCUT2D eigenvalue weighted by Gasteiger charge is 2.12. The van der Waals surface area contributed by atoms with Crippen LogP contribution in [0, 0.1) is 0 Å². The van der Waals surface area contributed by atoms with Crippen LogP contribution in [-0.2, 0) is 13.0 Å². The van der Waals surface area contributed by atoms with Crippen LogP contribution >= 0.6 is 22.9 Å². The standard InChI is InChI=1S/C16H19ClN2OS/c1-3-12-6-7-13(21-12)10-19-16(20)14-9-11(17)5-8-15(14)18-4-2/h5-9,18H,3-4,10H2,1-2H3,(H,19,20). The average molecular weight is 323 g/mol. The van der Waals surface area contributed by atoms with Gasteiger partial charge in [0.15, 0.2) is 0 Å². The molecule has 0 unspecified atom stereocenters. The number of carbonyl (C=O) groups excluding carboxylic acids is 1. The Kier molecular flexibility index (Phi) is 5.65. The number of benzene rings is 1. The van der Waals surface area contributed by atoms with E-state index in [0.29, 0.717) is 17.1 Å². The van der Waals surface area contributed by atoms with E-state index in [1.807, 2.05) is 13.0 Å². The molecule has 1 amide bonds. The first-order valence-corrected chi connectivity index (χ1v) is 8.22. The van der Waals surface area contributed by atoms with Crippen LogP contribution in [0.4, 0.5) is 5.69 Å². The number of anilines is 1. The van der Waals surface area contributed by atoms with Gasteiger partial charge < -0.3 is 10.6 Å². The van der Waals surface area contributed by atoms with Crippen molar-refractivity contribution in [1.82, 2.24) is 5.32 Å². The van der Waals surface area contributed by atoms with Crippen LogP contribution in [0.15, 0.2) is 30.3 Å². The minimum atomic E-state index is -0.111. The summed E-state index contributed by atoms with van der Waals surface area (Å²) in [5, 5.41) is 6.69. The first kappa shape index (κ1) is 15.9. The Bertz CT molecular complexity index is 624. The van der Waals surface area contributed by atoms with Crippen molar-refractivity contribution >= 4 is 34.5 Å². The van der Waals surface area contributed by atoms with Gasteiger partial charge >= 0.3 is 0 Å². The number of amides is 1. The highest BCUT2D eigenvalue weighted by Crippen LogP contribution is 2.21. The smallest absolute Gasteiger partial charge is 0.253 e. The summed E-state index contributed by atoms with van der Waals surface area (Å²) >= 11 is 7.73. The maximum Gasteiger partial charge on any atom is 0.253 e. The van der Waals surface area contributed by atoms with E-state index < -0.39 is 0 Å². The Hall–Kier alpha value is -1.52. The van der Waals surface area contributed by atoms with Crippen LogP contribution in [0.3, 0.4) is 0 Å². The molecule has 0 saturated carbocycles. The summed E-state index contributed by atoms with van der Waals surface area (Å²) in [5.74, 6) is -0.111. The van der Waals surface area contributed by atoms with Gasteiger partial charge in [-0.2, -0.15) is 0 Å². The van der Waals surface area contributed by atoms with E-state index in [2.05, 4.69) is 29.7 Å². The first-order chi connectivity index (χ1) is 10.1. The van der Waals surface area contributed by atoms with E-state index >= 15 is 0 Å². The van der Waals surface area contributed by atoms with Crippen molar-refractivity contribution in [2.24, 2.45) is 0 Å². The van der Waals surface area contributed by atoms with Gasteiger partial charge in [-0.25, -0.2) is 0 Å². The third-order valence-electron chi connectivity index (χ3n) is 3.08. The SMILES string of the molecule is CCNc1ccc(Cl)cc1C(=O)NCc1ccc(CC)s1. The predicted octanol–water partition coefficient (Wildman–Crippen LogP) is 4.33. The van der Waals surface area contributed by atoms with Crippen LogP contribution in [-0.4, -0.2) is 12.5 Å². The fourth-order valence-electron chi connectivity index (χ4n) is 2.02. The minimum absolute atomic E-state index is 0.111. The summed E-state index contributed by atoms with van der Waals surface area (Å²) in [5.41, 5.74) is 1.39. The molecule has 0 aliphatic rings. The van der Waals surface area contributed by atoms with Gasteiger partial charge in [0.05, 0.1) is 12.1 Å². The van der Waals surface area contributed by atoms with E-state index in [1.165, 1.54) is 4.88 Å². The van der Waals surface area contributed by atoms with Crippen LogP contribution in [0.5, 0.6) is 0 Å². The van der Waals surface area contributed by atoms with Crippen molar-refractivity contribution in [2.45, 2.75) is 26.8 Å². The van der Waals surface area contributed by atoms with E-state index in [-0.39, 0.29) is 5.91 Å². The molecule has 2 aromatic rings. The summed E-state index contributed by atoms with van der Waals surface area (Å²) in [7, 11) is 0. The third-order valence-corrected chi connectivity index (χ3v) is 4.55. The van der Waals surface area contributed by atoms with Gasteiger partial charge in [-0.1, -0.05) is 18.5 Å². The highest BCUT2D eigenvalue weighted by atomic mass is 35.5. The van der Waals surface area contributed by atoms with E-state index in [0.717, 1.165) is 23.5 Å². The molecule has 21 heavy (non-hydrogen) atoms. The van der Waals surface area contributed by atoms with Crippen molar-refractivity contribution in [3.8, 4) is 0 Å². The van der Waals surface area contributed by atoms with E-state index in [4.69, 9.17) is 11.6 Å². The largest absolute Gasteiger partial charge is 0.385 e. The zero-order valence-electron chi connectivity index (χ0n) is 12.2. The molecule has 0 spiro atoms. The second kappa shape index (κ2) is 7.48. The maximum atomic E-state index is 12.3. The zero-order valence-corrected chi connectivity index (χ0v) is 13.8. The van der Waals surface area contributed by atoms with Gasteiger partial charge in [0.2, 0.25) is 0 Å². The normalized spacial score (nSPS) is 10.4. The summed E-state index contributed by atoms with van der Waals surface area (Å²) in [4.78, 5) is 14.8. The quantitative estimate of drug-likeness (QED) is 0.831. The summed E-state index contributed by atoms with van der Waals surface area (Å²) < 4.78 is 0. The number of halogens is 1. The number of rotatable bonds is 6. The molecule has 1 aromatic heterocycles. The molecule has 1 heterocycles. The van der Waals surface area contributed by atoms with Gasteiger partial charge in [0.1, 0.15) is 0 Å². The lowest BCUT2D eigenvalue weighted by atomic mass is 10.1. The second-order valence-electron chi connectivity index (χ2n) is 4.62. The summed E-state index contributed by atoms with van der Waals surface area (Å²) in [6, 6.07) is 9.48. The molecule has 0 atom stereocenters. The zero-order chi connectivity index (χ0) is 15.2. The molecular weight excluding hydrogens is 304 g/mol. The number of hydrogen-bond acceptors (Lipinski definition) is 3. The van der Waals surface area contributed by atoms with Gasteiger partial charge in [0.25, 0.3) is 5.91 Å². The molecular formula is C16H19ClN2OS. The first-order valence-electron chi connectivity index (χ1n) is 7.03. The molecule has 0 radical (unpaired) electrons. The Morgan fingerprint density at radius 2 is 1.95 bits per heavy atom. The molecule has 1 aromatic carbocycles. The molecule has 3 nitrogen and oxygen atoms in total. The third kappa shape index (κ3) is 4.22. The van der Waals surface area contributed by atoms with Gasteiger partial charge in [-0.05, 0) is 43.7 Å². The molecule has 5 heteroatoms. The lowest BCUT2D eigenvalue weighted by molar-refractivity contribution is 0.0952. The lowest BCUT2D eigenvalue weighted by Crippen LogP contribution is -2.23. The van der Waals surface area contributed by atoms with Crippen LogP contribution in [0.2, 0.25) is 5.02 Å². The Morgan fingerprint density at radius 1 is 1.19 bits per heavy atom. The predicted molar refractivity (Wildman–Crippen MR) is 90.5 cm³/mol. The van der Waals surface area contributed by atoms with Crippen LogP contribution in [0.25, 0.3) is 0 Å². The monoisotopic (exact) mass is 322 g/mol. The fraction of sp³-hybridized carbons (Fsp3) is 0.312. The average Bonchev–Trinajstić information content (AvgIpc) is 2.95. The molecule has 0 bridgehead atoms. The molecule has 0 aliphatic carbocycles. The summed E-state index contributed by atoms with van der Waals surface area (Å²) in [6.45, 7) is 5.42. The van der Waals surface area contributed by atoms with Crippen molar-refractivity contribution in [2.75, 3.05) is 11.9 Å². The molecule has 0 fully saturated rings. The molecule has 2 N–H and O–H groups in total. The van der Waals surface area contributed by atoms with E-state index in [9.17, 15) is 4.79 Å². The van der Waals surface area contributed by atoms with E-state index in [1.54, 1.807) is 23.5 Å². The Labute approximate surface area is 134 Å². The number of hydrogen-bond donors (Lipinski definition) is 2. The second-order valence-corrected chi connectivity index (χ2v) is 6.31. The van der Waals surface area contributed by atoms with Crippen molar-refractivity contribution in [3.63, 3.8) is 0 Å². The minimum Gasteiger partial charge on any atom is -0.385 e. The van der Waals surface area contributed by atoms with Gasteiger partial charge in [-0.15, -0.1) is 11.3 Å². The lowest BCUT2D eigenvalue weighted by Gasteiger charge is -2.11. The number of carbonyl (C=O) groups is 1. The van der Waals surface area contributed by atoms with Gasteiger partial charge in [-0.3, -0.25) is 4.79 Å². The van der Waals surface area contributed by atoms with Crippen molar-refractivity contribution in [3.05, 3.63) is 50.7 Å².